The van der Waals surface area contributed by atoms with Crippen LogP contribution in [0.4, 0.5) is 4.39 Å². The Morgan fingerprint density at radius 1 is 1.03 bits per heavy atom. The predicted octanol–water partition coefficient (Wildman–Crippen LogP) is 6.41. The van der Waals surface area contributed by atoms with E-state index in [0.717, 1.165) is 34.7 Å². The van der Waals surface area contributed by atoms with Crippen molar-refractivity contribution in [2.24, 2.45) is 5.92 Å². The Kier molecular flexibility index (Phi) is 5.40. The molecule has 0 radical (unpaired) electrons. The molecule has 37 heavy (non-hydrogen) atoms. The highest BCUT2D eigenvalue weighted by Crippen LogP contribution is 2.44. The molecule has 0 unspecified atom stereocenters. The number of fused-ring (bicyclic) bond motifs is 2. The molecule has 6 rings (SSSR count). The molecular formula is C29H27FN4O3. The van der Waals surface area contributed by atoms with Crippen LogP contribution in [0, 0.1) is 11.7 Å². The zero-order valence-corrected chi connectivity index (χ0v) is 20.5. The second kappa shape index (κ2) is 8.65. The van der Waals surface area contributed by atoms with Gasteiger partial charge in [-0.25, -0.2) is 9.18 Å². The number of carbonyl (C=O) groups excluding carboxylic acids is 1. The van der Waals surface area contributed by atoms with Gasteiger partial charge in [-0.3, -0.25) is 4.79 Å². The van der Waals surface area contributed by atoms with Gasteiger partial charge in [0.05, 0.1) is 5.69 Å². The SMILES string of the molecule is CC(C)c1c(-c2cc(F)cc3[nH]ccc23)[nH]c(C(=O)O)c1-c1cc(C(=O)NCC2CC2)cc2[nH]ccc12. The molecule has 5 N–H and O–H groups in total. The van der Waals surface area contributed by atoms with Crippen molar-refractivity contribution >= 4 is 33.7 Å². The van der Waals surface area contributed by atoms with Crippen molar-refractivity contribution in [2.75, 3.05) is 6.54 Å². The third-order valence-electron chi connectivity index (χ3n) is 7.18. The monoisotopic (exact) mass is 498 g/mol. The van der Waals surface area contributed by atoms with Crippen LogP contribution < -0.4 is 5.32 Å². The van der Waals surface area contributed by atoms with Gasteiger partial charge < -0.3 is 25.4 Å². The fourth-order valence-corrected chi connectivity index (χ4v) is 5.25. The minimum absolute atomic E-state index is 0.00434. The normalized spacial score (nSPS) is 13.6. The quantitative estimate of drug-likeness (QED) is 0.179. The maximum absolute atomic E-state index is 14.6. The Morgan fingerprint density at radius 2 is 1.70 bits per heavy atom. The van der Waals surface area contributed by atoms with E-state index < -0.39 is 11.8 Å². The van der Waals surface area contributed by atoms with E-state index in [1.807, 2.05) is 26.0 Å². The average Bonchev–Trinajstić information content (AvgIpc) is 3.23. The van der Waals surface area contributed by atoms with E-state index in [2.05, 4.69) is 20.3 Å². The molecule has 2 aromatic carbocycles. The lowest BCUT2D eigenvalue weighted by Gasteiger charge is -2.15. The molecule has 5 aromatic rings. The summed E-state index contributed by atoms with van der Waals surface area (Å²) in [5.41, 5.74) is 4.86. The van der Waals surface area contributed by atoms with Crippen molar-refractivity contribution in [3.63, 3.8) is 0 Å². The molecule has 0 spiro atoms. The van der Waals surface area contributed by atoms with Gasteiger partial charge in [-0.2, -0.15) is 0 Å². The number of amides is 1. The molecule has 1 saturated carbocycles. The summed E-state index contributed by atoms with van der Waals surface area (Å²) < 4.78 is 14.6. The van der Waals surface area contributed by atoms with Crippen molar-refractivity contribution in [2.45, 2.75) is 32.6 Å². The van der Waals surface area contributed by atoms with E-state index >= 15 is 0 Å². The Labute approximate surface area is 212 Å². The average molecular weight is 499 g/mol. The molecule has 3 aromatic heterocycles. The topological polar surface area (TPSA) is 114 Å². The highest BCUT2D eigenvalue weighted by Gasteiger charge is 2.29. The minimum Gasteiger partial charge on any atom is -0.477 e. The summed E-state index contributed by atoms with van der Waals surface area (Å²) in [4.78, 5) is 35.0. The van der Waals surface area contributed by atoms with Gasteiger partial charge in [0, 0.05) is 57.4 Å². The summed E-state index contributed by atoms with van der Waals surface area (Å²) >= 11 is 0. The van der Waals surface area contributed by atoms with Crippen molar-refractivity contribution in [1.82, 2.24) is 20.3 Å². The van der Waals surface area contributed by atoms with Crippen LogP contribution in [-0.4, -0.2) is 38.5 Å². The van der Waals surface area contributed by atoms with Crippen molar-refractivity contribution in [1.29, 1.82) is 0 Å². The van der Waals surface area contributed by atoms with Gasteiger partial charge in [0.15, 0.2) is 0 Å². The molecule has 1 aliphatic rings. The number of hydrogen-bond acceptors (Lipinski definition) is 2. The first kappa shape index (κ1) is 23.1. The van der Waals surface area contributed by atoms with E-state index in [9.17, 15) is 19.1 Å². The van der Waals surface area contributed by atoms with Gasteiger partial charge in [0.2, 0.25) is 0 Å². The maximum atomic E-state index is 14.6. The number of hydrogen-bond donors (Lipinski definition) is 5. The number of halogens is 1. The molecule has 0 aliphatic heterocycles. The van der Waals surface area contributed by atoms with E-state index in [4.69, 9.17) is 0 Å². The number of aromatic carboxylic acids is 1. The summed E-state index contributed by atoms with van der Waals surface area (Å²) in [7, 11) is 0. The molecule has 1 amide bonds. The van der Waals surface area contributed by atoms with Gasteiger partial charge in [0.1, 0.15) is 11.5 Å². The molecule has 0 bridgehead atoms. The number of aromatic amines is 3. The second-order valence-electron chi connectivity index (χ2n) is 10.1. The fraction of sp³-hybridized carbons (Fsp3) is 0.241. The smallest absolute Gasteiger partial charge is 0.352 e. The van der Waals surface area contributed by atoms with Crippen LogP contribution in [0.2, 0.25) is 0 Å². The Morgan fingerprint density at radius 3 is 2.35 bits per heavy atom. The van der Waals surface area contributed by atoms with Crippen LogP contribution in [0.3, 0.4) is 0 Å². The Bertz CT molecular complexity index is 1690. The zero-order valence-electron chi connectivity index (χ0n) is 20.5. The van der Waals surface area contributed by atoms with Gasteiger partial charge in [-0.15, -0.1) is 0 Å². The molecule has 7 nitrogen and oxygen atoms in total. The van der Waals surface area contributed by atoms with Gasteiger partial charge >= 0.3 is 5.97 Å². The minimum atomic E-state index is -1.13. The lowest BCUT2D eigenvalue weighted by Crippen LogP contribution is -2.25. The van der Waals surface area contributed by atoms with Crippen LogP contribution in [0.1, 0.15) is 59.0 Å². The molecule has 1 aliphatic carbocycles. The first-order chi connectivity index (χ1) is 17.8. The third kappa shape index (κ3) is 3.98. The van der Waals surface area contributed by atoms with Crippen LogP contribution in [0.5, 0.6) is 0 Å². The summed E-state index contributed by atoms with van der Waals surface area (Å²) in [5.74, 6) is -1.31. The summed E-state index contributed by atoms with van der Waals surface area (Å²) in [6.07, 6.45) is 5.76. The van der Waals surface area contributed by atoms with Gasteiger partial charge in [-0.05, 0) is 72.2 Å². The van der Waals surface area contributed by atoms with Gasteiger partial charge in [-0.1, -0.05) is 13.8 Å². The molecule has 3 heterocycles. The standard InChI is InChI=1S/C29H27FN4O3/c1-14(2)24-25(20-9-16(10-22-18(20)5-7-31-22)28(35)33-13-15-3-4-15)27(29(36)37)34-26(24)21-11-17(30)12-23-19(21)6-8-32-23/h5-12,14-15,31-32,34H,3-4,13H2,1-2H3,(H,33,35)(H,36,37). The van der Waals surface area contributed by atoms with Crippen LogP contribution in [0.15, 0.2) is 48.8 Å². The number of carboxylic acids is 1. The van der Waals surface area contributed by atoms with E-state index in [-0.39, 0.29) is 17.5 Å². The largest absolute Gasteiger partial charge is 0.477 e. The summed E-state index contributed by atoms with van der Waals surface area (Å²) in [6.45, 7) is 4.60. The fourth-order valence-electron chi connectivity index (χ4n) is 5.25. The lowest BCUT2D eigenvalue weighted by atomic mass is 9.88. The van der Waals surface area contributed by atoms with Crippen LogP contribution in [0.25, 0.3) is 44.2 Å². The number of benzene rings is 2. The van der Waals surface area contributed by atoms with Crippen molar-refractivity contribution in [3.8, 4) is 22.4 Å². The molecule has 0 saturated heterocycles. The molecular weight excluding hydrogens is 471 g/mol. The first-order valence-corrected chi connectivity index (χ1v) is 12.5. The Balaban J connectivity index is 1.61. The number of rotatable bonds is 7. The second-order valence-corrected chi connectivity index (χ2v) is 10.1. The number of nitrogens with one attached hydrogen (secondary N) is 4. The highest BCUT2D eigenvalue weighted by molar-refractivity contribution is 6.09. The predicted molar refractivity (Wildman–Crippen MR) is 141 cm³/mol. The zero-order chi connectivity index (χ0) is 25.8. The highest BCUT2D eigenvalue weighted by atomic mass is 19.1. The van der Waals surface area contributed by atoms with Crippen molar-refractivity contribution < 1.29 is 19.1 Å². The molecule has 1 fully saturated rings. The third-order valence-corrected chi connectivity index (χ3v) is 7.18. The summed E-state index contributed by atoms with van der Waals surface area (Å²) in [5, 5.41) is 14.9. The maximum Gasteiger partial charge on any atom is 0.352 e. The number of carboxylic acid groups (broad SMARTS) is 1. The van der Waals surface area contributed by atoms with E-state index in [0.29, 0.717) is 45.9 Å². The number of aromatic nitrogens is 3. The molecule has 0 atom stereocenters. The van der Waals surface area contributed by atoms with Gasteiger partial charge in [0.25, 0.3) is 5.91 Å². The molecule has 188 valence electrons. The Hall–Kier alpha value is -4.33. The van der Waals surface area contributed by atoms with E-state index in [1.54, 1.807) is 24.5 Å². The first-order valence-electron chi connectivity index (χ1n) is 12.5. The van der Waals surface area contributed by atoms with Crippen molar-refractivity contribution in [3.05, 3.63) is 71.4 Å². The van der Waals surface area contributed by atoms with E-state index in [1.165, 1.54) is 12.1 Å². The van der Waals surface area contributed by atoms with Crippen LogP contribution >= 0.6 is 0 Å². The number of carbonyl (C=O) groups is 2. The molecule has 8 heteroatoms. The lowest BCUT2D eigenvalue weighted by molar-refractivity contribution is 0.0692. The van der Waals surface area contributed by atoms with Crippen LogP contribution in [-0.2, 0) is 0 Å². The summed E-state index contributed by atoms with van der Waals surface area (Å²) in [6, 6.07) is 10.1. The number of H-pyrrole nitrogens is 3.